The van der Waals surface area contributed by atoms with Gasteiger partial charge in [0, 0.05) is 17.1 Å². The average molecular weight is 451 g/mol. The van der Waals surface area contributed by atoms with Crippen LogP contribution >= 0.6 is 0 Å². The van der Waals surface area contributed by atoms with Crippen LogP contribution in [0.25, 0.3) is 0 Å². The standard InChI is InChI=1S/C20H25N11O2/c1-11(28-30-18(21)22)13-3-5-15(6-4-13)26-20(33)27-16-9-7-14(8-10-16)25-17(32)12(2)29-31-19(23)24/h3-10H,1-2H3,(H,25,32)(H4,21,22,30)(H4,23,24,31)(H2,26,27,33)/b28-11-,29-12+. The minimum atomic E-state index is -0.469. The molecule has 0 bridgehead atoms. The maximum absolute atomic E-state index is 12.2. The second-order valence-electron chi connectivity index (χ2n) is 6.63. The zero-order chi connectivity index (χ0) is 24.4. The molecule has 0 unspecified atom stereocenters. The van der Waals surface area contributed by atoms with Crippen molar-refractivity contribution < 1.29 is 9.59 Å². The number of hydrazone groups is 2. The van der Waals surface area contributed by atoms with E-state index in [1.165, 1.54) is 6.92 Å². The SMILES string of the molecule is C/C(=N/NC(=N)N)c1ccc(NC(=O)Nc2ccc(NC(=O)/C(C)=N/NC(=N)N)cc2)cc1. The van der Waals surface area contributed by atoms with Gasteiger partial charge in [0.15, 0.2) is 0 Å². The Hall–Kier alpha value is -4.94. The first-order valence-electron chi connectivity index (χ1n) is 9.52. The summed E-state index contributed by atoms with van der Waals surface area (Å²) in [4.78, 5) is 24.3. The Morgan fingerprint density at radius 2 is 1.15 bits per heavy atom. The number of amides is 3. The highest BCUT2D eigenvalue weighted by Crippen LogP contribution is 2.15. The third kappa shape index (κ3) is 8.37. The number of nitrogens with two attached hydrogens (primary N) is 2. The number of guanidine groups is 2. The van der Waals surface area contributed by atoms with Gasteiger partial charge in [-0.2, -0.15) is 10.2 Å². The number of carbonyl (C=O) groups excluding carboxylic acids is 2. The lowest BCUT2D eigenvalue weighted by Gasteiger charge is -2.10. The van der Waals surface area contributed by atoms with Crippen molar-refractivity contribution in [3.8, 4) is 0 Å². The van der Waals surface area contributed by atoms with Crippen molar-refractivity contribution in [3.63, 3.8) is 0 Å². The molecule has 0 aliphatic heterocycles. The molecule has 13 nitrogen and oxygen atoms in total. The van der Waals surface area contributed by atoms with Gasteiger partial charge in [-0.15, -0.1) is 0 Å². The van der Waals surface area contributed by atoms with Crippen molar-refractivity contribution in [3.05, 3.63) is 54.1 Å². The molecule has 0 heterocycles. The Kier molecular flexibility index (Phi) is 8.44. The molecule has 0 radical (unpaired) electrons. The van der Waals surface area contributed by atoms with E-state index in [0.717, 1.165) is 5.56 Å². The number of hydrogen-bond donors (Lipinski definition) is 9. The topological polar surface area (TPSA) is 219 Å². The van der Waals surface area contributed by atoms with E-state index in [-0.39, 0.29) is 17.6 Å². The van der Waals surface area contributed by atoms with Crippen LogP contribution in [0.5, 0.6) is 0 Å². The third-order valence-corrected chi connectivity index (χ3v) is 3.98. The second-order valence-corrected chi connectivity index (χ2v) is 6.63. The number of carbonyl (C=O) groups is 2. The summed E-state index contributed by atoms with van der Waals surface area (Å²) >= 11 is 0. The van der Waals surface area contributed by atoms with Crippen LogP contribution < -0.4 is 38.3 Å². The highest BCUT2D eigenvalue weighted by atomic mass is 16.2. The molecular formula is C20H25N11O2. The number of hydrogen-bond acceptors (Lipinski definition) is 6. The van der Waals surface area contributed by atoms with Gasteiger partial charge in [0.2, 0.25) is 11.9 Å². The molecule has 0 aliphatic carbocycles. The largest absolute Gasteiger partial charge is 0.369 e. The molecule has 11 N–H and O–H groups in total. The Balaban J connectivity index is 1.90. The van der Waals surface area contributed by atoms with Crippen LogP contribution in [0.3, 0.4) is 0 Å². The van der Waals surface area contributed by atoms with Crippen LogP contribution in [0.2, 0.25) is 0 Å². The fourth-order valence-corrected chi connectivity index (χ4v) is 2.35. The normalized spacial score (nSPS) is 11.2. The summed E-state index contributed by atoms with van der Waals surface area (Å²) < 4.78 is 0. The van der Waals surface area contributed by atoms with Gasteiger partial charge in [-0.3, -0.25) is 15.6 Å². The lowest BCUT2D eigenvalue weighted by atomic mass is 10.1. The smallest absolute Gasteiger partial charge is 0.323 e. The van der Waals surface area contributed by atoms with Crippen molar-refractivity contribution >= 4 is 52.3 Å². The molecule has 0 atom stereocenters. The summed E-state index contributed by atoms with van der Waals surface area (Å²) in [5.41, 5.74) is 18.0. The van der Waals surface area contributed by atoms with Gasteiger partial charge in [0.05, 0.1) is 5.71 Å². The summed E-state index contributed by atoms with van der Waals surface area (Å²) in [6.07, 6.45) is 0. The van der Waals surface area contributed by atoms with E-state index in [4.69, 9.17) is 22.3 Å². The van der Waals surface area contributed by atoms with E-state index >= 15 is 0 Å². The second kappa shape index (κ2) is 11.5. The van der Waals surface area contributed by atoms with Gasteiger partial charge in [0.25, 0.3) is 5.91 Å². The minimum absolute atomic E-state index is 0.0920. The van der Waals surface area contributed by atoms with E-state index in [2.05, 4.69) is 37.0 Å². The van der Waals surface area contributed by atoms with Crippen LogP contribution in [0.15, 0.2) is 58.7 Å². The van der Waals surface area contributed by atoms with Gasteiger partial charge in [-0.25, -0.2) is 15.6 Å². The molecule has 2 aromatic carbocycles. The Morgan fingerprint density at radius 1 is 0.727 bits per heavy atom. The predicted molar refractivity (Wildman–Crippen MR) is 130 cm³/mol. The summed E-state index contributed by atoms with van der Waals surface area (Å²) in [7, 11) is 0. The molecule has 33 heavy (non-hydrogen) atoms. The van der Waals surface area contributed by atoms with Crippen LogP contribution in [-0.2, 0) is 4.79 Å². The minimum Gasteiger partial charge on any atom is -0.369 e. The molecular weight excluding hydrogens is 426 g/mol. The summed E-state index contributed by atoms with van der Waals surface area (Å²) in [5, 5.41) is 29.8. The van der Waals surface area contributed by atoms with E-state index in [9.17, 15) is 9.59 Å². The molecule has 0 aliphatic rings. The fourth-order valence-electron chi connectivity index (χ4n) is 2.35. The van der Waals surface area contributed by atoms with Crippen molar-refractivity contribution in [1.82, 2.24) is 10.9 Å². The number of rotatable bonds is 7. The average Bonchev–Trinajstić information content (AvgIpc) is 2.77. The quantitative estimate of drug-likeness (QED) is 0.172. The van der Waals surface area contributed by atoms with E-state index in [0.29, 0.717) is 22.8 Å². The molecule has 2 aromatic rings. The first-order valence-corrected chi connectivity index (χ1v) is 9.52. The number of benzene rings is 2. The highest BCUT2D eigenvalue weighted by Gasteiger charge is 2.08. The zero-order valence-electron chi connectivity index (χ0n) is 18.0. The van der Waals surface area contributed by atoms with E-state index in [1.807, 2.05) is 0 Å². The summed E-state index contributed by atoms with van der Waals surface area (Å²) in [6.45, 7) is 3.23. The first kappa shape index (κ1) is 24.3. The van der Waals surface area contributed by atoms with Crippen molar-refractivity contribution in [1.29, 1.82) is 10.8 Å². The van der Waals surface area contributed by atoms with Crippen molar-refractivity contribution in [2.24, 2.45) is 21.7 Å². The van der Waals surface area contributed by atoms with Crippen molar-refractivity contribution in [2.75, 3.05) is 16.0 Å². The van der Waals surface area contributed by atoms with Crippen LogP contribution in [0.1, 0.15) is 19.4 Å². The predicted octanol–water partition coefficient (Wildman–Crippen LogP) is 1.34. The molecule has 3 amide bonds. The van der Waals surface area contributed by atoms with E-state index < -0.39 is 11.9 Å². The fraction of sp³-hybridized carbons (Fsp3) is 0.100. The maximum atomic E-state index is 12.2. The first-order chi connectivity index (χ1) is 15.6. The monoisotopic (exact) mass is 451 g/mol. The number of urea groups is 1. The molecule has 0 spiro atoms. The zero-order valence-corrected chi connectivity index (χ0v) is 18.0. The molecule has 172 valence electrons. The Bertz CT molecular complexity index is 1090. The Morgan fingerprint density at radius 3 is 1.64 bits per heavy atom. The summed E-state index contributed by atoms with van der Waals surface area (Å²) in [5.74, 6) is -1.11. The van der Waals surface area contributed by atoms with Crippen LogP contribution in [-0.4, -0.2) is 35.3 Å². The maximum Gasteiger partial charge on any atom is 0.323 e. The van der Waals surface area contributed by atoms with Gasteiger partial charge in [-0.1, -0.05) is 12.1 Å². The molecule has 13 heteroatoms. The number of nitrogens with one attached hydrogen (secondary N) is 7. The molecule has 0 saturated heterocycles. The number of anilines is 3. The van der Waals surface area contributed by atoms with Gasteiger partial charge in [-0.05, 0) is 55.8 Å². The van der Waals surface area contributed by atoms with Gasteiger partial charge < -0.3 is 27.4 Å². The molecule has 2 rings (SSSR count). The lowest BCUT2D eigenvalue weighted by Crippen LogP contribution is -2.29. The van der Waals surface area contributed by atoms with E-state index in [1.54, 1.807) is 55.5 Å². The molecule has 0 saturated carbocycles. The number of nitrogens with zero attached hydrogens (tertiary/aromatic N) is 2. The van der Waals surface area contributed by atoms with Gasteiger partial charge in [0.1, 0.15) is 5.71 Å². The van der Waals surface area contributed by atoms with Gasteiger partial charge >= 0.3 is 6.03 Å². The van der Waals surface area contributed by atoms with Crippen LogP contribution in [0, 0.1) is 10.8 Å². The third-order valence-electron chi connectivity index (χ3n) is 3.98. The Labute approximate surface area is 189 Å². The van der Waals surface area contributed by atoms with Crippen LogP contribution in [0.4, 0.5) is 21.9 Å². The van der Waals surface area contributed by atoms with Crippen molar-refractivity contribution in [2.45, 2.75) is 13.8 Å². The summed E-state index contributed by atoms with van der Waals surface area (Å²) in [6, 6.07) is 13.0. The lowest BCUT2D eigenvalue weighted by molar-refractivity contribution is -0.110. The molecule has 0 fully saturated rings. The molecule has 0 aromatic heterocycles. The highest BCUT2D eigenvalue weighted by molar-refractivity contribution is 6.42.